The smallest absolute Gasteiger partial charge is 0.239 e. The molecule has 0 bridgehead atoms. The lowest BCUT2D eigenvalue weighted by molar-refractivity contribution is -0.119. The summed E-state index contributed by atoms with van der Waals surface area (Å²) in [6.45, 7) is 7.43. The number of hydrogen-bond donors (Lipinski definition) is 1. The topological polar surface area (TPSA) is 72.3 Å². The van der Waals surface area contributed by atoms with E-state index in [4.69, 9.17) is 4.74 Å². The van der Waals surface area contributed by atoms with E-state index in [0.29, 0.717) is 25.6 Å². The molecule has 130 valence electrons. The minimum Gasteiger partial charge on any atom is -0.368 e. The van der Waals surface area contributed by atoms with Crippen molar-refractivity contribution in [3.8, 4) is 0 Å². The van der Waals surface area contributed by atoms with Crippen LogP contribution in [0.25, 0.3) is 0 Å². The number of morpholine rings is 1. The van der Waals surface area contributed by atoms with Crippen molar-refractivity contribution in [2.45, 2.75) is 26.5 Å². The molecule has 2 aromatic heterocycles. The predicted octanol–water partition coefficient (Wildman–Crippen LogP) is 2.01. The molecule has 2 aromatic rings. The van der Waals surface area contributed by atoms with Crippen molar-refractivity contribution < 1.29 is 9.53 Å². The molecule has 0 radical (unpaired) electrons. The number of nitrogens with zero attached hydrogens (tertiary/aromatic N) is 4. The van der Waals surface area contributed by atoms with Gasteiger partial charge in [-0.25, -0.2) is 9.67 Å². The van der Waals surface area contributed by atoms with Crippen molar-refractivity contribution >= 4 is 23.1 Å². The highest BCUT2D eigenvalue weighted by molar-refractivity contribution is 7.09. The number of carbonyl (C=O) groups is 1. The summed E-state index contributed by atoms with van der Waals surface area (Å²) < 4.78 is 7.60. The minimum absolute atomic E-state index is 0.0275. The number of aromatic nitrogens is 3. The highest BCUT2D eigenvalue weighted by Gasteiger charge is 2.25. The molecule has 1 amide bonds. The number of thiazole rings is 1. The summed E-state index contributed by atoms with van der Waals surface area (Å²) >= 11 is 1.59. The molecule has 0 aliphatic carbocycles. The Morgan fingerprint density at radius 3 is 3.12 bits per heavy atom. The van der Waals surface area contributed by atoms with Gasteiger partial charge in [-0.2, -0.15) is 5.10 Å². The largest absolute Gasteiger partial charge is 0.368 e. The van der Waals surface area contributed by atoms with Crippen LogP contribution >= 0.6 is 11.3 Å². The van der Waals surface area contributed by atoms with Crippen LogP contribution in [0.2, 0.25) is 0 Å². The van der Waals surface area contributed by atoms with Gasteiger partial charge in [-0.1, -0.05) is 13.8 Å². The first-order valence-corrected chi connectivity index (χ1v) is 9.05. The average molecular weight is 349 g/mol. The fraction of sp³-hybridized carbons (Fsp3) is 0.562. The summed E-state index contributed by atoms with van der Waals surface area (Å²) in [6, 6.07) is 1.83. The summed E-state index contributed by atoms with van der Waals surface area (Å²) in [7, 11) is 0. The zero-order valence-electron chi connectivity index (χ0n) is 14.0. The summed E-state index contributed by atoms with van der Waals surface area (Å²) in [5, 5.41) is 10.1. The Morgan fingerprint density at radius 1 is 1.50 bits per heavy atom. The van der Waals surface area contributed by atoms with Crippen LogP contribution in [-0.4, -0.2) is 51.8 Å². The highest BCUT2D eigenvalue weighted by atomic mass is 32.1. The third kappa shape index (κ3) is 4.40. The SMILES string of the molecule is CC(C)Cn1nccc1NC(=O)CN1CCO[C@H](c2nccs2)C1. The molecule has 8 heteroatoms. The fourth-order valence-electron chi connectivity index (χ4n) is 2.70. The van der Waals surface area contributed by atoms with Crippen LogP contribution in [0, 0.1) is 5.92 Å². The van der Waals surface area contributed by atoms with E-state index < -0.39 is 0 Å². The third-order valence-corrected chi connectivity index (χ3v) is 4.63. The minimum atomic E-state index is -0.0435. The van der Waals surface area contributed by atoms with Gasteiger partial charge in [-0.05, 0) is 5.92 Å². The molecule has 3 rings (SSSR count). The molecule has 1 atom stereocenters. The highest BCUT2D eigenvalue weighted by Crippen LogP contribution is 2.23. The van der Waals surface area contributed by atoms with Gasteiger partial charge in [0.25, 0.3) is 0 Å². The number of carbonyl (C=O) groups excluding carboxylic acids is 1. The van der Waals surface area contributed by atoms with E-state index in [1.54, 1.807) is 23.7 Å². The molecule has 0 aromatic carbocycles. The number of nitrogens with one attached hydrogen (secondary N) is 1. The molecule has 1 aliphatic heterocycles. The molecule has 0 unspecified atom stereocenters. The average Bonchev–Trinajstić information content (AvgIpc) is 3.19. The normalized spacial score (nSPS) is 18.9. The molecule has 0 spiro atoms. The van der Waals surface area contributed by atoms with E-state index in [1.807, 2.05) is 16.1 Å². The van der Waals surface area contributed by atoms with E-state index in [1.165, 1.54) is 0 Å². The van der Waals surface area contributed by atoms with Crippen LogP contribution in [0.3, 0.4) is 0 Å². The van der Waals surface area contributed by atoms with E-state index in [0.717, 1.165) is 23.9 Å². The van der Waals surface area contributed by atoms with Crippen LogP contribution in [-0.2, 0) is 16.1 Å². The fourth-order valence-corrected chi connectivity index (χ4v) is 3.38. The first-order chi connectivity index (χ1) is 11.6. The number of hydrogen-bond acceptors (Lipinski definition) is 6. The van der Waals surface area contributed by atoms with Gasteiger partial charge in [0, 0.05) is 37.3 Å². The summed E-state index contributed by atoms with van der Waals surface area (Å²) in [5.74, 6) is 1.19. The van der Waals surface area contributed by atoms with Crippen LogP contribution in [0.15, 0.2) is 23.8 Å². The maximum Gasteiger partial charge on any atom is 0.239 e. The number of ether oxygens (including phenoxy) is 1. The van der Waals surface area contributed by atoms with Crippen molar-refractivity contribution in [3.63, 3.8) is 0 Å². The van der Waals surface area contributed by atoms with Crippen molar-refractivity contribution in [2.24, 2.45) is 5.92 Å². The van der Waals surface area contributed by atoms with Gasteiger partial charge in [-0.3, -0.25) is 9.69 Å². The van der Waals surface area contributed by atoms with E-state index in [-0.39, 0.29) is 12.0 Å². The first kappa shape index (κ1) is 17.1. The lowest BCUT2D eigenvalue weighted by Crippen LogP contribution is -2.42. The maximum absolute atomic E-state index is 12.4. The number of rotatable bonds is 6. The Hall–Kier alpha value is -1.77. The maximum atomic E-state index is 12.4. The van der Waals surface area contributed by atoms with E-state index in [9.17, 15) is 4.79 Å². The number of anilines is 1. The van der Waals surface area contributed by atoms with E-state index >= 15 is 0 Å². The molecule has 24 heavy (non-hydrogen) atoms. The van der Waals surface area contributed by atoms with Gasteiger partial charge in [0.05, 0.1) is 19.3 Å². The summed E-state index contributed by atoms with van der Waals surface area (Å²) in [6.07, 6.45) is 3.45. The Bertz CT molecular complexity index is 655. The monoisotopic (exact) mass is 349 g/mol. The van der Waals surface area contributed by atoms with E-state index in [2.05, 4.69) is 34.1 Å². The molecule has 3 heterocycles. The van der Waals surface area contributed by atoms with Crippen LogP contribution < -0.4 is 5.32 Å². The molecule has 7 nitrogen and oxygen atoms in total. The zero-order chi connectivity index (χ0) is 16.9. The Morgan fingerprint density at radius 2 is 2.38 bits per heavy atom. The first-order valence-electron chi connectivity index (χ1n) is 8.17. The quantitative estimate of drug-likeness (QED) is 0.864. The Kier molecular flexibility index (Phi) is 5.60. The molecule has 1 fully saturated rings. The van der Waals surface area contributed by atoms with Crippen LogP contribution in [0.5, 0.6) is 0 Å². The van der Waals surface area contributed by atoms with Gasteiger partial charge in [0.15, 0.2) is 0 Å². The zero-order valence-corrected chi connectivity index (χ0v) is 14.8. The van der Waals surface area contributed by atoms with Gasteiger partial charge in [-0.15, -0.1) is 11.3 Å². The summed E-state index contributed by atoms with van der Waals surface area (Å²) in [4.78, 5) is 18.8. The second-order valence-electron chi connectivity index (χ2n) is 6.31. The number of amides is 1. The van der Waals surface area contributed by atoms with Crippen LogP contribution in [0.1, 0.15) is 25.0 Å². The molecular formula is C16H23N5O2S. The molecule has 1 saturated heterocycles. The van der Waals surface area contributed by atoms with Crippen LogP contribution in [0.4, 0.5) is 5.82 Å². The third-order valence-electron chi connectivity index (χ3n) is 3.77. The lowest BCUT2D eigenvalue weighted by Gasteiger charge is -2.31. The molecular weight excluding hydrogens is 326 g/mol. The second-order valence-corrected chi connectivity index (χ2v) is 7.23. The van der Waals surface area contributed by atoms with Crippen molar-refractivity contribution in [1.82, 2.24) is 19.7 Å². The van der Waals surface area contributed by atoms with Gasteiger partial charge >= 0.3 is 0 Å². The molecule has 1 N–H and O–H groups in total. The van der Waals surface area contributed by atoms with Crippen molar-refractivity contribution in [1.29, 1.82) is 0 Å². The molecule has 0 saturated carbocycles. The second kappa shape index (κ2) is 7.87. The predicted molar refractivity (Wildman–Crippen MR) is 92.9 cm³/mol. The van der Waals surface area contributed by atoms with Crippen molar-refractivity contribution in [2.75, 3.05) is 31.6 Å². The van der Waals surface area contributed by atoms with Gasteiger partial charge in [0.2, 0.25) is 5.91 Å². The standard InChI is InChI=1S/C16H23N5O2S/c1-12(2)9-21-14(3-4-18-21)19-15(22)11-20-6-7-23-13(10-20)16-17-5-8-24-16/h3-5,8,12-13H,6-7,9-11H2,1-2H3,(H,19,22)/t13-/m0/s1. The summed E-state index contributed by atoms with van der Waals surface area (Å²) in [5.41, 5.74) is 0. The Balaban J connectivity index is 1.54. The lowest BCUT2D eigenvalue weighted by atomic mass is 10.2. The van der Waals surface area contributed by atoms with Gasteiger partial charge in [0.1, 0.15) is 16.9 Å². The Labute approximate surface area is 145 Å². The van der Waals surface area contributed by atoms with Crippen molar-refractivity contribution in [3.05, 3.63) is 28.8 Å². The van der Waals surface area contributed by atoms with Gasteiger partial charge < -0.3 is 10.1 Å². The molecule has 1 aliphatic rings.